The topological polar surface area (TPSA) is 121 Å². The van der Waals surface area contributed by atoms with E-state index in [0.29, 0.717) is 30.9 Å². The summed E-state index contributed by atoms with van der Waals surface area (Å²) in [5.41, 5.74) is 0.476. The number of nitrogens with zero attached hydrogens (tertiary/aromatic N) is 2. The highest BCUT2D eigenvalue weighted by molar-refractivity contribution is 6.33. The summed E-state index contributed by atoms with van der Waals surface area (Å²) in [6.45, 7) is 1.40. The standard InChI is InChI=1S/C15H19ClN4O3.C2HF3O2/c1-23-14(21)13-12(16)5-10(6-17-13)19-15(22)20-7-11(8-20)18-9-3-2-4-9;3-2(4,5)1(6)7/h5-6,9,11,18H,2-4,7-8H2,1H3,(H,19,22);(H,6,7). The lowest BCUT2D eigenvalue weighted by molar-refractivity contribution is -0.192. The Morgan fingerprint density at radius 3 is 2.30 bits per heavy atom. The van der Waals surface area contributed by atoms with Crippen LogP contribution in [0.2, 0.25) is 5.02 Å². The molecule has 2 aliphatic rings. The van der Waals surface area contributed by atoms with Gasteiger partial charge in [-0.15, -0.1) is 0 Å². The molecule has 0 radical (unpaired) electrons. The molecule has 3 rings (SSSR count). The number of rotatable bonds is 4. The number of pyridine rings is 1. The van der Waals surface area contributed by atoms with E-state index in [-0.39, 0.29) is 16.7 Å². The highest BCUT2D eigenvalue weighted by atomic mass is 35.5. The van der Waals surface area contributed by atoms with Crippen LogP contribution in [0.15, 0.2) is 12.3 Å². The normalized spacial score (nSPS) is 16.5. The van der Waals surface area contributed by atoms with Crippen molar-refractivity contribution >= 4 is 35.3 Å². The molecule has 0 unspecified atom stereocenters. The SMILES string of the molecule is COC(=O)c1ncc(NC(=O)N2CC(NC3CCC3)C2)cc1Cl.O=C(O)C(F)(F)F. The third kappa shape index (κ3) is 6.46. The van der Waals surface area contributed by atoms with Crippen molar-refractivity contribution in [3.63, 3.8) is 0 Å². The first-order valence-electron chi connectivity index (χ1n) is 8.87. The summed E-state index contributed by atoms with van der Waals surface area (Å²) >= 11 is 5.98. The van der Waals surface area contributed by atoms with Gasteiger partial charge in [-0.1, -0.05) is 18.0 Å². The molecule has 0 aromatic carbocycles. The van der Waals surface area contributed by atoms with E-state index in [1.54, 1.807) is 4.90 Å². The molecule has 0 spiro atoms. The minimum atomic E-state index is -5.08. The summed E-state index contributed by atoms with van der Waals surface area (Å²) in [6, 6.07) is 2.30. The summed E-state index contributed by atoms with van der Waals surface area (Å²) in [5, 5.41) is 13.5. The van der Waals surface area contributed by atoms with E-state index in [1.807, 2.05) is 0 Å². The fourth-order valence-corrected chi connectivity index (χ4v) is 2.86. The number of aliphatic carboxylic acids is 1. The molecule has 166 valence electrons. The summed E-state index contributed by atoms with van der Waals surface area (Å²) in [5.74, 6) is -3.37. The summed E-state index contributed by atoms with van der Waals surface area (Å²) < 4.78 is 36.3. The zero-order valence-corrected chi connectivity index (χ0v) is 16.6. The molecular formula is C17H20ClF3N4O5. The van der Waals surface area contributed by atoms with Crippen molar-refractivity contribution in [1.29, 1.82) is 0 Å². The number of likely N-dealkylation sites (tertiary alicyclic amines) is 1. The number of aromatic nitrogens is 1. The molecule has 1 aromatic rings. The second-order valence-electron chi connectivity index (χ2n) is 6.68. The molecule has 3 N–H and O–H groups in total. The monoisotopic (exact) mass is 452 g/mol. The smallest absolute Gasteiger partial charge is 0.475 e. The first kappa shape index (κ1) is 23.7. The lowest BCUT2D eigenvalue weighted by atomic mass is 9.91. The fraction of sp³-hybridized carbons (Fsp3) is 0.529. The van der Waals surface area contributed by atoms with Crippen LogP contribution >= 0.6 is 11.6 Å². The number of anilines is 1. The molecule has 9 nitrogen and oxygen atoms in total. The van der Waals surface area contributed by atoms with E-state index >= 15 is 0 Å². The van der Waals surface area contributed by atoms with Crippen LogP contribution in [-0.4, -0.2) is 71.4 Å². The molecule has 13 heteroatoms. The van der Waals surface area contributed by atoms with Crippen LogP contribution in [0.1, 0.15) is 29.8 Å². The third-order valence-electron chi connectivity index (χ3n) is 4.46. The predicted octanol–water partition coefficient (Wildman–Crippen LogP) is 2.51. The molecule has 1 saturated carbocycles. The highest BCUT2D eigenvalue weighted by Gasteiger charge is 2.38. The maximum Gasteiger partial charge on any atom is 0.490 e. The summed E-state index contributed by atoms with van der Waals surface area (Å²) in [6.07, 6.45) is 0.0721. The van der Waals surface area contributed by atoms with Gasteiger partial charge < -0.3 is 25.4 Å². The molecule has 2 amide bonds. The van der Waals surface area contributed by atoms with E-state index in [2.05, 4.69) is 20.4 Å². The molecule has 0 bridgehead atoms. The van der Waals surface area contributed by atoms with Crippen LogP contribution < -0.4 is 10.6 Å². The molecule has 30 heavy (non-hydrogen) atoms. The predicted molar refractivity (Wildman–Crippen MR) is 99.4 cm³/mol. The van der Waals surface area contributed by atoms with Crippen molar-refractivity contribution in [3.05, 3.63) is 23.0 Å². The van der Waals surface area contributed by atoms with Crippen molar-refractivity contribution < 1.29 is 37.4 Å². The molecule has 1 aliphatic carbocycles. The molecule has 2 fully saturated rings. The first-order valence-corrected chi connectivity index (χ1v) is 9.25. The number of carboxylic acid groups (broad SMARTS) is 1. The minimum Gasteiger partial charge on any atom is -0.475 e. The van der Waals surface area contributed by atoms with Crippen molar-refractivity contribution in [3.8, 4) is 0 Å². The summed E-state index contributed by atoms with van der Waals surface area (Å²) in [4.78, 5) is 38.1. The van der Waals surface area contributed by atoms with Gasteiger partial charge in [0.25, 0.3) is 0 Å². The number of carbonyl (C=O) groups excluding carboxylic acids is 2. The lowest BCUT2D eigenvalue weighted by Gasteiger charge is -2.43. The summed E-state index contributed by atoms with van der Waals surface area (Å²) in [7, 11) is 1.26. The van der Waals surface area contributed by atoms with Crippen LogP contribution in [0.25, 0.3) is 0 Å². The van der Waals surface area contributed by atoms with Crippen LogP contribution in [0.4, 0.5) is 23.7 Å². The maximum atomic E-state index is 12.1. The average molecular weight is 453 g/mol. The van der Waals surface area contributed by atoms with E-state index in [9.17, 15) is 22.8 Å². The van der Waals surface area contributed by atoms with E-state index < -0.39 is 18.1 Å². The zero-order valence-electron chi connectivity index (χ0n) is 15.8. The first-order chi connectivity index (χ1) is 14.0. The van der Waals surface area contributed by atoms with E-state index in [0.717, 1.165) is 0 Å². The molecule has 0 atom stereocenters. The van der Waals surface area contributed by atoms with Crippen LogP contribution in [0.5, 0.6) is 0 Å². The van der Waals surface area contributed by atoms with Crippen molar-refractivity contribution in [1.82, 2.24) is 15.2 Å². The molecule has 2 heterocycles. The molecule has 1 aliphatic heterocycles. The average Bonchev–Trinajstić information content (AvgIpc) is 2.58. The Hall–Kier alpha value is -2.60. The van der Waals surface area contributed by atoms with Gasteiger partial charge in [0.1, 0.15) is 0 Å². The minimum absolute atomic E-state index is 0.0286. The second kappa shape index (κ2) is 9.94. The number of carboxylic acids is 1. The van der Waals surface area contributed by atoms with E-state index in [1.165, 1.54) is 38.6 Å². The number of hydrogen-bond acceptors (Lipinski definition) is 6. The number of methoxy groups -OCH3 is 1. The number of nitrogens with one attached hydrogen (secondary N) is 2. The van der Waals surface area contributed by atoms with Gasteiger partial charge in [-0.05, 0) is 18.9 Å². The number of hydrogen-bond donors (Lipinski definition) is 3. The number of alkyl halides is 3. The van der Waals surface area contributed by atoms with Crippen molar-refractivity contribution in [2.75, 3.05) is 25.5 Å². The van der Waals surface area contributed by atoms with Gasteiger partial charge in [0, 0.05) is 25.2 Å². The van der Waals surface area contributed by atoms with Crippen LogP contribution in [0.3, 0.4) is 0 Å². The van der Waals surface area contributed by atoms with Gasteiger partial charge in [-0.25, -0.2) is 19.4 Å². The highest BCUT2D eigenvalue weighted by Crippen LogP contribution is 2.22. The number of urea groups is 1. The van der Waals surface area contributed by atoms with Gasteiger partial charge in [0.15, 0.2) is 5.69 Å². The molecular weight excluding hydrogens is 433 g/mol. The van der Waals surface area contributed by atoms with Gasteiger partial charge in [-0.3, -0.25) is 0 Å². The quantitative estimate of drug-likeness (QED) is 0.600. The number of amides is 2. The zero-order chi connectivity index (χ0) is 22.5. The van der Waals surface area contributed by atoms with E-state index in [4.69, 9.17) is 21.5 Å². The Morgan fingerprint density at radius 2 is 1.87 bits per heavy atom. The number of carbonyl (C=O) groups is 3. The Morgan fingerprint density at radius 1 is 1.27 bits per heavy atom. The Balaban J connectivity index is 0.000000396. The lowest BCUT2D eigenvalue weighted by Crippen LogP contribution is -2.63. The van der Waals surface area contributed by atoms with Gasteiger partial charge >= 0.3 is 24.1 Å². The Bertz CT molecular complexity index is 798. The Labute approximate surface area is 174 Å². The van der Waals surface area contributed by atoms with Crippen LogP contribution in [0, 0.1) is 0 Å². The van der Waals surface area contributed by atoms with Crippen LogP contribution in [-0.2, 0) is 9.53 Å². The number of halogens is 4. The van der Waals surface area contributed by atoms with Crippen molar-refractivity contribution in [2.24, 2.45) is 0 Å². The third-order valence-corrected chi connectivity index (χ3v) is 4.75. The largest absolute Gasteiger partial charge is 0.490 e. The van der Waals surface area contributed by atoms with Gasteiger partial charge in [0.2, 0.25) is 0 Å². The number of ether oxygens (including phenoxy) is 1. The van der Waals surface area contributed by atoms with Gasteiger partial charge in [-0.2, -0.15) is 13.2 Å². The molecule has 1 aromatic heterocycles. The second-order valence-corrected chi connectivity index (χ2v) is 7.08. The molecule has 1 saturated heterocycles. The Kier molecular flexibility index (Phi) is 7.84. The maximum absolute atomic E-state index is 12.1. The van der Waals surface area contributed by atoms with Crippen molar-refractivity contribution in [2.45, 2.75) is 37.5 Å². The van der Waals surface area contributed by atoms with Gasteiger partial charge in [0.05, 0.1) is 24.0 Å². The number of esters is 1. The fourth-order valence-electron chi connectivity index (χ4n) is 2.61.